The lowest BCUT2D eigenvalue weighted by molar-refractivity contribution is -0.135. The summed E-state index contributed by atoms with van der Waals surface area (Å²) in [5.74, 6) is 0.142. The number of nitrogens with two attached hydrogens (primary N) is 1. The number of carbonyl (C=O) groups is 1. The highest BCUT2D eigenvalue weighted by Gasteiger charge is 2.23. The maximum Gasteiger partial charge on any atom is 0.225 e. The van der Waals surface area contributed by atoms with E-state index in [9.17, 15) is 4.79 Å². The average Bonchev–Trinajstić information content (AvgIpc) is 2.69. The number of ether oxygens (including phenoxy) is 1. The summed E-state index contributed by atoms with van der Waals surface area (Å²) in [5.41, 5.74) is 5.47. The molecule has 0 radical (unpaired) electrons. The standard InChI is InChI=1S/C12H22N2O2S/c1-9(2)14(6-5-11(13)17)12(15)8-10-4-3-7-16-10/h9-10H,3-8H2,1-2H3,(H2,13,17). The van der Waals surface area contributed by atoms with Crippen LogP contribution in [0, 0.1) is 0 Å². The number of thiocarbonyl (C=S) groups is 1. The van der Waals surface area contributed by atoms with Gasteiger partial charge in [-0.2, -0.15) is 0 Å². The van der Waals surface area contributed by atoms with Gasteiger partial charge < -0.3 is 15.4 Å². The highest BCUT2D eigenvalue weighted by atomic mass is 32.1. The van der Waals surface area contributed by atoms with Gasteiger partial charge in [0.2, 0.25) is 5.91 Å². The monoisotopic (exact) mass is 258 g/mol. The van der Waals surface area contributed by atoms with Gasteiger partial charge in [0.15, 0.2) is 0 Å². The molecule has 17 heavy (non-hydrogen) atoms. The van der Waals surface area contributed by atoms with E-state index in [-0.39, 0.29) is 18.1 Å². The summed E-state index contributed by atoms with van der Waals surface area (Å²) >= 11 is 4.85. The normalized spacial score (nSPS) is 19.6. The summed E-state index contributed by atoms with van der Waals surface area (Å²) in [5, 5.41) is 0. The molecule has 0 aromatic heterocycles. The fourth-order valence-electron chi connectivity index (χ4n) is 2.02. The van der Waals surface area contributed by atoms with E-state index in [4.69, 9.17) is 22.7 Å². The average molecular weight is 258 g/mol. The number of rotatable bonds is 6. The van der Waals surface area contributed by atoms with Gasteiger partial charge in [0.1, 0.15) is 0 Å². The van der Waals surface area contributed by atoms with Gasteiger partial charge >= 0.3 is 0 Å². The van der Waals surface area contributed by atoms with Crippen LogP contribution < -0.4 is 5.73 Å². The number of nitrogens with zero attached hydrogens (tertiary/aromatic N) is 1. The molecule has 1 fully saturated rings. The summed E-state index contributed by atoms with van der Waals surface area (Å²) in [6.07, 6.45) is 3.23. The quantitative estimate of drug-likeness (QED) is 0.733. The zero-order valence-electron chi connectivity index (χ0n) is 10.6. The highest BCUT2D eigenvalue weighted by Crippen LogP contribution is 2.17. The van der Waals surface area contributed by atoms with E-state index in [1.807, 2.05) is 18.7 Å². The lowest BCUT2D eigenvalue weighted by Crippen LogP contribution is -2.40. The molecule has 0 aliphatic carbocycles. The van der Waals surface area contributed by atoms with Gasteiger partial charge in [0, 0.05) is 25.6 Å². The third-order valence-corrected chi connectivity index (χ3v) is 3.17. The largest absolute Gasteiger partial charge is 0.393 e. The Hall–Kier alpha value is -0.680. The molecule has 0 spiro atoms. The second kappa shape index (κ2) is 6.91. The van der Waals surface area contributed by atoms with Crippen molar-refractivity contribution in [2.24, 2.45) is 5.73 Å². The van der Waals surface area contributed by atoms with Crippen LogP contribution in [-0.2, 0) is 9.53 Å². The fraction of sp³-hybridized carbons (Fsp3) is 0.833. The van der Waals surface area contributed by atoms with Crippen molar-refractivity contribution in [2.45, 2.75) is 51.7 Å². The van der Waals surface area contributed by atoms with Crippen LogP contribution in [0.25, 0.3) is 0 Å². The Labute approximate surface area is 108 Å². The predicted molar refractivity (Wildman–Crippen MR) is 71.8 cm³/mol. The van der Waals surface area contributed by atoms with Crippen LogP contribution in [0.1, 0.15) is 39.5 Å². The minimum atomic E-state index is 0.105. The molecular weight excluding hydrogens is 236 g/mol. The molecule has 1 aliphatic heterocycles. The van der Waals surface area contributed by atoms with Crippen LogP contribution in [0.15, 0.2) is 0 Å². The maximum absolute atomic E-state index is 12.1. The molecule has 98 valence electrons. The molecule has 4 nitrogen and oxygen atoms in total. The summed E-state index contributed by atoms with van der Waals surface area (Å²) in [7, 11) is 0. The molecule has 1 saturated heterocycles. The summed E-state index contributed by atoms with van der Waals surface area (Å²) in [6.45, 7) is 5.41. The molecule has 1 atom stereocenters. The van der Waals surface area contributed by atoms with Gasteiger partial charge in [-0.15, -0.1) is 0 Å². The number of amides is 1. The van der Waals surface area contributed by atoms with Crippen LogP contribution in [0.2, 0.25) is 0 Å². The summed E-state index contributed by atoms with van der Waals surface area (Å²) in [4.78, 5) is 14.4. The van der Waals surface area contributed by atoms with Crippen LogP contribution in [0.3, 0.4) is 0 Å². The molecule has 5 heteroatoms. The smallest absolute Gasteiger partial charge is 0.225 e. The SMILES string of the molecule is CC(C)N(CCC(N)=S)C(=O)CC1CCCO1. The first-order valence-electron chi connectivity index (χ1n) is 6.20. The molecular formula is C12H22N2O2S. The number of carbonyl (C=O) groups excluding carboxylic acids is 1. The van der Waals surface area contributed by atoms with E-state index in [2.05, 4.69) is 0 Å². The zero-order chi connectivity index (χ0) is 12.8. The van der Waals surface area contributed by atoms with E-state index in [1.165, 1.54) is 0 Å². The van der Waals surface area contributed by atoms with Gasteiger partial charge in [-0.3, -0.25) is 4.79 Å². The van der Waals surface area contributed by atoms with E-state index < -0.39 is 0 Å². The van der Waals surface area contributed by atoms with E-state index in [1.54, 1.807) is 0 Å². The molecule has 2 N–H and O–H groups in total. The van der Waals surface area contributed by atoms with Gasteiger partial charge in [-0.1, -0.05) is 12.2 Å². The van der Waals surface area contributed by atoms with Crippen molar-refractivity contribution in [3.05, 3.63) is 0 Å². The minimum Gasteiger partial charge on any atom is -0.393 e. The highest BCUT2D eigenvalue weighted by molar-refractivity contribution is 7.80. The Kier molecular flexibility index (Phi) is 5.85. The lowest BCUT2D eigenvalue weighted by atomic mass is 10.1. The van der Waals surface area contributed by atoms with Crippen molar-refractivity contribution in [1.82, 2.24) is 4.90 Å². The van der Waals surface area contributed by atoms with E-state index in [0.717, 1.165) is 19.4 Å². The van der Waals surface area contributed by atoms with E-state index >= 15 is 0 Å². The molecule has 1 aliphatic rings. The van der Waals surface area contributed by atoms with Gasteiger partial charge in [0.25, 0.3) is 0 Å². The van der Waals surface area contributed by atoms with Crippen LogP contribution in [0.4, 0.5) is 0 Å². The van der Waals surface area contributed by atoms with Crippen LogP contribution in [0.5, 0.6) is 0 Å². The number of hydrogen-bond donors (Lipinski definition) is 1. The first-order chi connectivity index (χ1) is 8.00. The van der Waals surface area contributed by atoms with Gasteiger partial charge in [-0.25, -0.2) is 0 Å². The van der Waals surface area contributed by atoms with E-state index in [0.29, 0.717) is 24.4 Å². The van der Waals surface area contributed by atoms with Gasteiger partial charge in [-0.05, 0) is 26.7 Å². The molecule has 1 amide bonds. The minimum absolute atomic E-state index is 0.105. The van der Waals surface area contributed by atoms with Crippen molar-refractivity contribution in [3.63, 3.8) is 0 Å². The Morgan fingerprint density at radius 3 is 2.76 bits per heavy atom. The molecule has 0 bridgehead atoms. The molecule has 0 saturated carbocycles. The molecule has 0 aromatic carbocycles. The Morgan fingerprint density at radius 1 is 1.59 bits per heavy atom. The predicted octanol–water partition coefficient (Wildman–Crippen LogP) is 1.47. The first kappa shape index (κ1) is 14.4. The van der Waals surface area contributed by atoms with Crippen LogP contribution in [-0.4, -0.2) is 41.1 Å². The molecule has 1 heterocycles. The zero-order valence-corrected chi connectivity index (χ0v) is 11.5. The van der Waals surface area contributed by atoms with Crippen molar-refractivity contribution in [1.29, 1.82) is 0 Å². The van der Waals surface area contributed by atoms with Crippen molar-refractivity contribution >= 4 is 23.1 Å². The third kappa shape index (κ3) is 5.00. The summed E-state index contributed by atoms with van der Waals surface area (Å²) in [6, 6.07) is 0.179. The fourth-order valence-corrected chi connectivity index (χ4v) is 2.11. The molecule has 1 rings (SSSR count). The second-order valence-corrected chi connectivity index (χ2v) is 5.26. The van der Waals surface area contributed by atoms with Crippen molar-refractivity contribution in [3.8, 4) is 0 Å². The topological polar surface area (TPSA) is 55.6 Å². The number of hydrogen-bond acceptors (Lipinski definition) is 3. The summed E-state index contributed by atoms with van der Waals surface area (Å²) < 4.78 is 5.48. The Bertz CT molecular complexity index is 276. The van der Waals surface area contributed by atoms with Gasteiger partial charge in [0.05, 0.1) is 17.5 Å². The molecule has 0 aromatic rings. The first-order valence-corrected chi connectivity index (χ1v) is 6.61. The van der Waals surface area contributed by atoms with Crippen molar-refractivity contribution < 1.29 is 9.53 Å². The third-order valence-electron chi connectivity index (χ3n) is 2.97. The maximum atomic E-state index is 12.1. The Morgan fingerprint density at radius 2 is 2.29 bits per heavy atom. The second-order valence-electron chi connectivity index (χ2n) is 4.74. The Balaban J connectivity index is 2.44. The lowest BCUT2D eigenvalue weighted by Gasteiger charge is -2.27. The molecule has 1 unspecified atom stereocenters. The van der Waals surface area contributed by atoms with Crippen LogP contribution >= 0.6 is 12.2 Å². The van der Waals surface area contributed by atoms with Crippen molar-refractivity contribution in [2.75, 3.05) is 13.2 Å².